The molecule has 7 nitrogen and oxygen atoms in total. The highest BCUT2D eigenvalue weighted by atomic mass is 35.5. The van der Waals surface area contributed by atoms with Crippen LogP contribution in [0.5, 0.6) is 0 Å². The van der Waals surface area contributed by atoms with E-state index >= 15 is 0 Å². The third kappa shape index (κ3) is 3.01. The van der Waals surface area contributed by atoms with Crippen molar-refractivity contribution >= 4 is 28.9 Å². The Morgan fingerprint density at radius 2 is 2.05 bits per heavy atom. The fourth-order valence-electron chi connectivity index (χ4n) is 1.51. The minimum atomic E-state index is -0.626. The number of aromatic amines is 1. The lowest BCUT2D eigenvalue weighted by atomic mass is 10.2. The van der Waals surface area contributed by atoms with Crippen LogP contribution in [0.15, 0.2) is 41.3 Å². The van der Waals surface area contributed by atoms with E-state index < -0.39 is 10.8 Å². The number of carbonyl (C=O) groups is 1. The molecule has 0 saturated carbocycles. The lowest BCUT2D eigenvalue weighted by Gasteiger charge is -2.06. The number of amides is 1. The van der Waals surface area contributed by atoms with E-state index in [9.17, 15) is 19.7 Å². The summed E-state index contributed by atoms with van der Waals surface area (Å²) in [6.45, 7) is 0. The van der Waals surface area contributed by atoms with Gasteiger partial charge in [-0.25, -0.2) is 0 Å². The number of nitrogens with zero attached hydrogens (tertiary/aromatic N) is 1. The van der Waals surface area contributed by atoms with Gasteiger partial charge in [0.15, 0.2) is 0 Å². The minimum absolute atomic E-state index is 0.0151. The van der Waals surface area contributed by atoms with Gasteiger partial charge in [-0.05, 0) is 18.2 Å². The van der Waals surface area contributed by atoms with E-state index in [1.807, 2.05) is 0 Å². The zero-order chi connectivity index (χ0) is 14.7. The highest BCUT2D eigenvalue weighted by molar-refractivity contribution is 6.31. The number of nitro benzene ring substituents is 1. The maximum absolute atomic E-state index is 11.9. The molecule has 20 heavy (non-hydrogen) atoms. The average molecular weight is 294 g/mol. The number of anilines is 1. The molecule has 0 fully saturated rings. The molecule has 1 aromatic heterocycles. The van der Waals surface area contributed by atoms with Crippen LogP contribution < -0.4 is 10.9 Å². The quantitative estimate of drug-likeness (QED) is 0.668. The summed E-state index contributed by atoms with van der Waals surface area (Å²) in [5, 5.41) is 13.5. The van der Waals surface area contributed by atoms with Crippen LogP contribution in [0.25, 0.3) is 0 Å². The van der Waals surface area contributed by atoms with E-state index in [2.05, 4.69) is 10.3 Å². The van der Waals surface area contributed by atoms with Crippen LogP contribution in [0, 0.1) is 10.1 Å². The monoisotopic (exact) mass is 293 g/mol. The van der Waals surface area contributed by atoms with Crippen LogP contribution >= 0.6 is 11.6 Å². The molecular weight excluding hydrogens is 286 g/mol. The van der Waals surface area contributed by atoms with Crippen molar-refractivity contribution in [2.45, 2.75) is 0 Å². The summed E-state index contributed by atoms with van der Waals surface area (Å²) in [5.74, 6) is -0.591. The van der Waals surface area contributed by atoms with Crippen LogP contribution in [0.2, 0.25) is 5.02 Å². The number of aromatic nitrogens is 1. The Bertz CT molecular complexity index is 721. The van der Waals surface area contributed by atoms with Crippen molar-refractivity contribution in [3.05, 3.63) is 67.6 Å². The Labute approximate surface area is 117 Å². The number of hydrogen-bond acceptors (Lipinski definition) is 4. The molecule has 1 amide bonds. The molecule has 0 aliphatic rings. The minimum Gasteiger partial charge on any atom is -0.328 e. The van der Waals surface area contributed by atoms with Gasteiger partial charge in [0.05, 0.1) is 10.5 Å². The van der Waals surface area contributed by atoms with Gasteiger partial charge in [0.25, 0.3) is 11.6 Å². The number of rotatable bonds is 3. The van der Waals surface area contributed by atoms with E-state index in [0.717, 1.165) is 0 Å². The van der Waals surface area contributed by atoms with Gasteiger partial charge in [-0.2, -0.15) is 0 Å². The summed E-state index contributed by atoms with van der Waals surface area (Å²) < 4.78 is 0. The summed E-state index contributed by atoms with van der Waals surface area (Å²) in [6, 6.07) is 6.33. The smallest absolute Gasteiger partial charge is 0.292 e. The highest BCUT2D eigenvalue weighted by Gasteiger charge is 2.17. The van der Waals surface area contributed by atoms with Gasteiger partial charge in [0.2, 0.25) is 5.56 Å². The number of pyridine rings is 1. The third-order valence-corrected chi connectivity index (χ3v) is 2.68. The van der Waals surface area contributed by atoms with E-state index in [1.54, 1.807) is 0 Å². The van der Waals surface area contributed by atoms with Crippen molar-refractivity contribution in [3.63, 3.8) is 0 Å². The molecule has 2 aromatic rings. The zero-order valence-corrected chi connectivity index (χ0v) is 10.7. The fourth-order valence-corrected chi connectivity index (χ4v) is 1.69. The van der Waals surface area contributed by atoms with Crippen molar-refractivity contribution in [2.24, 2.45) is 0 Å². The summed E-state index contributed by atoms with van der Waals surface area (Å²) >= 11 is 5.75. The number of nitrogens with one attached hydrogen (secondary N) is 2. The first-order valence-corrected chi connectivity index (χ1v) is 5.79. The van der Waals surface area contributed by atoms with Crippen LogP contribution in [0.1, 0.15) is 10.4 Å². The molecule has 0 aliphatic heterocycles. The molecule has 0 atom stereocenters. The van der Waals surface area contributed by atoms with Crippen molar-refractivity contribution in [1.82, 2.24) is 4.98 Å². The Hall–Kier alpha value is -2.67. The predicted molar refractivity (Wildman–Crippen MR) is 73.1 cm³/mol. The number of H-pyrrole nitrogens is 1. The van der Waals surface area contributed by atoms with E-state index in [0.29, 0.717) is 0 Å². The molecule has 0 radical (unpaired) electrons. The second-order valence-electron chi connectivity index (χ2n) is 3.81. The van der Waals surface area contributed by atoms with Gasteiger partial charge < -0.3 is 10.3 Å². The first-order chi connectivity index (χ1) is 9.47. The molecule has 2 rings (SSSR count). The molecule has 8 heteroatoms. The molecule has 102 valence electrons. The normalized spacial score (nSPS) is 10.1. The number of hydrogen-bond donors (Lipinski definition) is 2. The van der Waals surface area contributed by atoms with Gasteiger partial charge >= 0.3 is 0 Å². The number of benzene rings is 1. The van der Waals surface area contributed by atoms with Crippen LogP contribution in [0.4, 0.5) is 11.4 Å². The lowest BCUT2D eigenvalue weighted by Crippen LogP contribution is -2.15. The first kappa shape index (κ1) is 13.8. The molecular formula is C12H8ClN3O4. The van der Waals surface area contributed by atoms with Gasteiger partial charge in [-0.1, -0.05) is 11.6 Å². The van der Waals surface area contributed by atoms with Crippen LogP contribution in [0.3, 0.4) is 0 Å². The molecule has 0 saturated heterocycles. The third-order valence-electron chi connectivity index (χ3n) is 2.45. The number of nitro groups is 1. The fraction of sp³-hybridized carbons (Fsp3) is 0. The van der Waals surface area contributed by atoms with Crippen LogP contribution in [-0.4, -0.2) is 15.8 Å². The van der Waals surface area contributed by atoms with Gasteiger partial charge in [-0.3, -0.25) is 19.7 Å². The average Bonchev–Trinajstić information content (AvgIpc) is 2.39. The molecule has 0 aliphatic carbocycles. The maximum atomic E-state index is 11.9. The van der Waals surface area contributed by atoms with E-state index in [-0.39, 0.29) is 27.5 Å². The molecule has 0 spiro atoms. The SMILES string of the molecule is O=C(Nc1cc(Cl)ccc1[N+](=O)[O-])c1ccc(=O)[nH]c1. The predicted octanol–water partition coefficient (Wildman–Crippen LogP) is 2.19. The van der Waals surface area contributed by atoms with Crippen molar-refractivity contribution in [2.75, 3.05) is 5.32 Å². The van der Waals surface area contributed by atoms with E-state index in [1.165, 1.54) is 36.5 Å². The summed E-state index contributed by atoms with van der Waals surface area (Å²) in [6.07, 6.45) is 1.22. The van der Waals surface area contributed by atoms with E-state index in [4.69, 9.17) is 11.6 Å². The number of halogens is 1. The van der Waals surface area contributed by atoms with Crippen molar-refractivity contribution in [1.29, 1.82) is 0 Å². The standard InChI is InChI=1S/C12H8ClN3O4/c13-8-2-3-10(16(19)20)9(5-8)15-12(18)7-1-4-11(17)14-6-7/h1-6H,(H,14,17)(H,15,18). The van der Waals surface area contributed by atoms with Gasteiger partial charge in [0.1, 0.15) is 5.69 Å². The summed E-state index contributed by atoms with van der Waals surface area (Å²) in [7, 11) is 0. The highest BCUT2D eigenvalue weighted by Crippen LogP contribution is 2.27. The Kier molecular flexibility index (Phi) is 3.81. The second-order valence-corrected chi connectivity index (χ2v) is 4.25. The molecule has 0 bridgehead atoms. The Morgan fingerprint density at radius 3 is 2.65 bits per heavy atom. The Morgan fingerprint density at radius 1 is 1.30 bits per heavy atom. The zero-order valence-electron chi connectivity index (χ0n) is 9.92. The number of carbonyl (C=O) groups excluding carboxylic acids is 1. The molecule has 2 N–H and O–H groups in total. The van der Waals surface area contributed by atoms with Crippen molar-refractivity contribution in [3.8, 4) is 0 Å². The summed E-state index contributed by atoms with van der Waals surface area (Å²) in [5.41, 5.74) is -0.472. The lowest BCUT2D eigenvalue weighted by molar-refractivity contribution is -0.383. The summed E-state index contributed by atoms with van der Waals surface area (Å²) in [4.78, 5) is 35.4. The second kappa shape index (κ2) is 5.54. The van der Waals surface area contributed by atoms with Gasteiger partial charge in [0, 0.05) is 23.4 Å². The first-order valence-electron chi connectivity index (χ1n) is 5.41. The topological polar surface area (TPSA) is 105 Å². The molecule has 0 unspecified atom stereocenters. The van der Waals surface area contributed by atoms with Crippen molar-refractivity contribution < 1.29 is 9.72 Å². The molecule has 1 aromatic carbocycles. The largest absolute Gasteiger partial charge is 0.328 e. The van der Waals surface area contributed by atoms with Gasteiger partial charge in [-0.15, -0.1) is 0 Å². The van der Waals surface area contributed by atoms with Crippen LogP contribution in [-0.2, 0) is 0 Å². The molecule has 1 heterocycles. The maximum Gasteiger partial charge on any atom is 0.292 e. The Balaban J connectivity index is 2.32.